The molecular formula is C10H17N. The highest BCUT2D eigenvalue weighted by molar-refractivity contribution is 5.27. The lowest BCUT2D eigenvalue weighted by atomic mass is 9.65. The molecule has 1 aliphatic heterocycles. The molecule has 11 heavy (non-hydrogen) atoms. The molecule has 0 bridgehead atoms. The van der Waals surface area contributed by atoms with Crippen molar-refractivity contribution in [3.8, 4) is 0 Å². The first-order valence-corrected chi connectivity index (χ1v) is 4.55. The van der Waals surface area contributed by atoms with Gasteiger partial charge in [0.1, 0.15) is 0 Å². The maximum atomic E-state index is 2.41. The predicted molar refractivity (Wildman–Crippen MR) is 47.3 cm³/mol. The van der Waals surface area contributed by atoms with Crippen LogP contribution in [0.4, 0.5) is 0 Å². The molecule has 0 amide bonds. The van der Waals surface area contributed by atoms with Gasteiger partial charge >= 0.3 is 0 Å². The third-order valence-corrected chi connectivity index (χ3v) is 3.76. The molecule has 1 spiro atoms. The lowest BCUT2D eigenvalue weighted by Crippen LogP contribution is -2.34. The molecule has 0 N–H and O–H groups in total. The van der Waals surface area contributed by atoms with E-state index in [4.69, 9.17) is 0 Å². The Balaban J connectivity index is 2.29. The minimum Gasteiger partial charge on any atom is -0.377 e. The van der Waals surface area contributed by atoms with Crippen LogP contribution in [0.25, 0.3) is 0 Å². The first-order valence-electron chi connectivity index (χ1n) is 4.55. The molecule has 1 fully saturated rings. The summed E-state index contributed by atoms with van der Waals surface area (Å²) >= 11 is 0. The fraction of sp³-hybridized carbons (Fsp3) is 0.800. The van der Waals surface area contributed by atoms with Gasteiger partial charge < -0.3 is 4.90 Å². The van der Waals surface area contributed by atoms with Crippen molar-refractivity contribution in [1.82, 2.24) is 4.90 Å². The number of allylic oxidation sites excluding steroid dienone is 1. The van der Waals surface area contributed by atoms with Gasteiger partial charge in [0.15, 0.2) is 0 Å². The summed E-state index contributed by atoms with van der Waals surface area (Å²) in [6, 6.07) is 0. The molecule has 1 heteroatoms. The number of hydrogen-bond acceptors (Lipinski definition) is 1. The van der Waals surface area contributed by atoms with Gasteiger partial charge in [-0.05, 0) is 32.3 Å². The highest BCUT2D eigenvalue weighted by Gasteiger charge is 2.44. The quantitative estimate of drug-likeness (QED) is 0.514. The van der Waals surface area contributed by atoms with Crippen molar-refractivity contribution in [3.63, 3.8) is 0 Å². The average molecular weight is 151 g/mol. The molecule has 2 rings (SSSR count). The van der Waals surface area contributed by atoms with Crippen LogP contribution < -0.4 is 0 Å². The lowest BCUT2D eigenvalue weighted by Gasteiger charge is -2.40. The molecule has 0 atom stereocenters. The van der Waals surface area contributed by atoms with Crippen molar-refractivity contribution in [1.29, 1.82) is 0 Å². The van der Waals surface area contributed by atoms with Crippen molar-refractivity contribution in [2.75, 3.05) is 13.6 Å². The molecule has 1 heterocycles. The van der Waals surface area contributed by atoms with Gasteiger partial charge in [-0.1, -0.05) is 6.42 Å². The summed E-state index contributed by atoms with van der Waals surface area (Å²) in [7, 11) is 2.21. The molecule has 0 radical (unpaired) electrons. The number of rotatable bonds is 0. The zero-order valence-corrected chi connectivity index (χ0v) is 7.78. The predicted octanol–water partition coefficient (Wildman–Crippen LogP) is 2.40. The topological polar surface area (TPSA) is 3.24 Å². The normalized spacial score (nSPS) is 28.1. The second-order valence-corrected chi connectivity index (χ2v) is 4.20. The zero-order chi connectivity index (χ0) is 8.06. The van der Waals surface area contributed by atoms with E-state index >= 15 is 0 Å². The summed E-state index contributed by atoms with van der Waals surface area (Å²) in [5.74, 6) is 0. The van der Waals surface area contributed by atoms with Crippen LogP contribution in [0.15, 0.2) is 11.3 Å². The summed E-state index contributed by atoms with van der Waals surface area (Å²) in [5.41, 5.74) is 3.80. The van der Waals surface area contributed by atoms with Crippen LogP contribution in [-0.4, -0.2) is 18.5 Å². The van der Waals surface area contributed by atoms with Gasteiger partial charge in [-0.15, -0.1) is 0 Å². The van der Waals surface area contributed by atoms with E-state index in [1.165, 1.54) is 31.5 Å². The molecule has 0 unspecified atom stereocenters. The van der Waals surface area contributed by atoms with Crippen molar-refractivity contribution in [2.24, 2.45) is 5.41 Å². The largest absolute Gasteiger partial charge is 0.377 e. The monoisotopic (exact) mass is 151 g/mol. The standard InChI is InChI=1S/C10H17N/c1-8-9(2)11(3)7-10(8)5-4-6-10/h4-7H2,1-3H3. The van der Waals surface area contributed by atoms with Gasteiger partial charge in [-0.3, -0.25) is 0 Å². The highest BCUT2D eigenvalue weighted by Crippen LogP contribution is 2.52. The maximum Gasteiger partial charge on any atom is 0.0266 e. The summed E-state index contributed by atoms with van der Waals surface area (Å²) in [6.07, 6.45) is 4.31. The van der Waals surface area contributed by atoms with Crippen molar-refractivity contribution in [3.05, 3.63) is 11.3 Å². The van der Waals surface area contributed by atoms with E-state index in [1.54, 1.807) is 5.57 Å². The van der Waals surface area contributed by atoms with E-state index in [9.17, 15) is 0 Å². The van der Waals surface area contributed by atoms with Crippen LogP contribution in [0.3, 0.4) is 0 Å². The SMILES string of the molecule is CC1=C(C)C2(CCC2)CN1C. The fourth-order valence-corrected chi connectivity index (χ4v) is 2.50. The Labute approximate surface area is 69.1 Å². The first-order chi connectivity index (χ1) is 5.16. The summed E-state index contributed by atoms with van der Waals surface area (Å²) < 4.78 is 0. The maximum absolute atomic E-state index is 2.41. The van der Waals surface area contributed by atoms with E-state index in [1.807, 2.05) is 0 Å². The molecule has 0 aromatic rings. The summed E-state index contributed by atoms with van der Waals surface area (Å²) in [4.78, 5) is 2.41. The van der Waals surface area contributed by atoms with Crippen LogP contribution in [0.5, 0.6) is 0 Å². The van der Waals surface area contributed by atoms with Gasteiger partial charge in [0.05, 0.1) is 0 Å². The molecule has 0 aromatic heterocycles. The molecule has 1 saturated carbocycles. The number of hydrogen-bond donors (Lipinski definition) is 0. The van der Waals surface area contributed by atoms with Crippen LogP contribution >= 0.6 is 0 Å². The van der Waals surface area contributed by atoms with Crippen LogP contribution in [0.1, 0.15) is 33.1 Å². The minimum atomic E-state index is 0.624. The third-order valence-electron chi connectivity index (χ3n) is 3.76. The van der Waals surface area contributed by atoms with E-state index in [0.717, 1.165) is 0 Å². The molecule has 1 nitrogen and oxygen atoms in total. The Morgan fingerprint density at radius 1 is 1.27 bits per heavy atom. The second kappa shape index (κ2) is 2.02. The van der Waals surface area contributed by atoms with Gasteiger partial charge in [-0.25, -0.2) is 0 Å². The van der Waals surface area contributed by atoms with Crippen LogP contribution in [-0.2, 0) is 0 Å². The molecule has 62 valence electrons. The van der Waals surface area contributed by atoms with Crippen LogP contribution in [0.2, 0.25) is 0 Å². The summed E-state index contributed by atoms with van der Waals surface area (Å²) in [5, 5.41) is 0. The Bertz CT molecular complexity index is 211. The summed E-state index contributed by atoms with van der Waals surface area (Å²) in [6.45, 7) is 5.85. The Kier molecular flexibility index (Phi) is 1.33. The molecule has 0 saturated heterocycles. The lowest BCUT2D eigenvalue weighted by molar-refractivity contribution is 0.167. The first kappa shape index (κ1) is 7.20. The Hall–Kier alpha value is -0.460. The molecule has 2 aliphatic rings. The van der Waals surface area contributed by atoms with Gasteiger partial charge in [0, 0.05) is 24.7 Å². The van der Waals surface area contributed by atoms with Gasteiger partial charge in [0.2, 0.25) is 0 Å². The van der Waals surface area contributed by atoms with Crippen molar-refractivity contribution < 1.29 is 0 Å². The smallest absolute Gasteiger partial charge is 0.0266 e. The molecule has 0 aromatic carbocycles. The van der Waals surface area contributed by atoms with E-state index in [-0.39, 0.29) is 0 Å². The molecular weight excluding hydrogens is 134 g/mol. The van der Waals surface area contributed by atoms with E-state index in [0.29, 0.717) is 5.41 Å². The zero-order valence-electron chi connectivity index (χ0n) is 7.78. The fourth-order valence-electron chi connectivity index (χ4n) is 2.50. The molecule has 1 aliphatic carbocycles. The van der Waals surface area contributed by atoms with Crippen molar-refractivity contribution >= 4 is 0 Å². The average Bonchev–Trinajstić information content (AvgIpc) is 2.12. The van der Waals surface area contributed by atoms with Crippen LogP contribution in [0, 0.1) is 5.41 Å². The Morgan fingerprint density at radius 3 is 2.09 bits per heavy atom. The number of nitrogens with zero attached hydrogens (tertiary/aromatic N) is 1. The van der Waals surface area contributed by atoms with Gasteiger partial charge in [0.25, 0.3) is 0 Å². The van der Waals surface area contributed by atoms with E-state index in [2.05, 4.69) is 25.8 Å². The third kappa shape index (κ3) is 0.770. The van der Waals surface area contributed by atoms with Gasteiger partial charge in [-0.2, -0.15) is 0 Å². The minimum absolute atomic E-state index is 0.624. The second-order valence-electron chi connectivity index (χ2n) is 4.20. The highest BCUT2D eigenvalue weighted by atomic mass is 15.1. The Morgan fingerprint density at radius 2 is 1.91 bits per heavy atom. The van der Waals surface area contributed by atoms with Crippen molar-refractivity contribution in [2.45, 2.75) is 33.1 Å². The van der Waals surface area contributed by atoms with E-state index < -0.39 is 0 Å².